The van der Waals surface area contributed by atoms with E-state index >= 15 is 0 Å². The van der Waals surface area contributed by atoms with E-state index in [1.165, 1.54) is 31.7 Å². The maximum absolute atomic E-state index is 14.4. The molecule has 2 saturated heterocycles. The molecule has 2 amide bonds. The first kappa shape index (κ1) is 27.1. The van der Waals surface area contributed by atoms with Gasteiger partial charge < -0.3 is 5.32 Å². The molecule has 11 heteroatoms. The molecule has 1 N–H and O–H groups in total. The Bertz CT molecular complexity index is 1300. The molecular weight excluding hydrogens is 531 g/mol. The average Bonchev–Trinajstić information content (AvgIpc) is 3.65. The zero-order valence-electron chi connectivity index (χ0n) is 21.1. The van der Waals surface area contributed by atoms with Crippen LogP contribution in [-0.2, 0) is 19.8 Å². The molecule has 3 aliphatic rings. The molecule has 2 aliphatic heterocycles. The highest BCUT2D eigenvalue weighted by molar-refractivity contribution is 7.87. The lowest BCUT2D eigenvalue weighted by atomic mass is 9.94. The third-order valence-corrected chi connectivity index (χ3v) is 9.89. The molecule has 2 heterocycles. The maximum atomic E-state index is 14.4. The van der Waals surface area contributed by atoms with Crippen molar-refractivity contribution in [3.8, 4) is 0 Å². The second-order valence-electron chi connectivity index (χ2n) is 10.2. The number of carbonyl (C=O) groups excluding carboxylic acids is 2. The van der Waals surface area contributed by atoms with Gasteiger partial charge in [0, 0.05) is 48.5 Å². The lowest BCUT2D eigenvalue weighted by Crippen LogP contribution is -2.49. The fourth-order valence-electron chi connectivity index (χ4n) is 5.42. The Kier molecular flexibility index (Phi) is 8.04. The van der Waals surface area contributed by atoms with Gasteiger partial charge in [0.05, 0.1) is 5.92 Å². The Balaban J connectivity index is 1.52. The van der Waals surface area contributed by atoms with Crippen molar-refractivity contribution in [1.29, 1.82) is 0 Å². The van der Waals surface area contributed by atoms with Gasteiger partial charge >= 0.3 is 0 Å². The molecule has 1 aliphatic carbocycles. The molecule has 2 atom stereocenters. The normalized spacial score (nSPS) is 21.7. The monoisotopic (exact) mass is 562 g/mol. The second-order valence-corrected chi connectivity index (χ2v) is 12.5. The van der Waals surface area contributed by atoms with Crippen LogP contribution in [0.2, 0.25) is 5.02 Å². The fraction of sp³-hybridized carbons (Fsp3) is 0.481. The van der Waals surface area contributed by atoms with E-state index in [2.05, 4.69) is 5.32 Å². The van der Waals surface area contributed by atoms with Crippen molar-refractivity contribution in [2.24, 2.45) is 5.92 Å². The van der Waals surface area contributed by atoms with Crippen LogP contribution in [0.4, 0.5) is 10.1 Å². The van der Waals surface area contributed by atoms with Crippen LogP contribution in [0.1, 0.15) is 50.1 Å². The van der Waals surface area contributed by atoms with Gasteiger partial charge in [0.1, 0.15) is 11.9 Å². The van der Waals surface area contributed by atoms with Gasteiger partial charge in [-0.15, -0.1) is 0 Å². The number of amides is 2. The quantitative estimate of drug-likeness (QED) is 0.494. The summed E-state index contributed by atoms with van der Waals surface area (Å²) in [4.78, 5) is 29.4. The zero-order chi connectivity index (χ0) is 26.9. The van der Waals surface area contributed by atoms with E-state index in [-0.39, 0.29) is 24.8 Å². The van der Waals surface area contributed by atoms with E-state index in [4.69, 9.17) is 11.6 Å². The minimum atomic E-state index is -3.61. The molecule has 0 spiro atoms. The van der Waals surface area contributed by atoms with E-state index in [0.717, 1.165) is 32.1 Å². The SMILES string of the molecule is O=C(NC1CCCCC1)[C@@H](c1ccccc1Cl)N(C(=O)[C@@H]1CCN(S(=O)(=O)N2CC2)C1)c1cccc(F)c1. The first-order valence-corrected chi connectivity index (χ1v) is 14.9. The molecule has 38 heavy (non-hydrogen) atoms. The number of rotatable bonds is 8. The Labute approximate surface area is 227 Å². The average molecular weight is 563 g/mol. The summed E-state index contributed by atoms with van der Waals surface area (Å²) < 4.78 is 42.7. The third-order valence-electron chi connectivity index (χ3n) is 7.54. The minimum Gasteiger partial charge on any atom is -0.351 e. The zero-order valence-corrected chi connectivity index (χ0v) is 22.6. The number of carbonyl (C=O) groups is 2. The van der Waals surface area contributed by atoms with Crippen LogP contribution >= 0.6 is 11.6 Å². The number of nitrogens with one attached hydrogen (secondary N) is 1. The fourth-order valence-corrected chi connectivity index (χ4v) is 7.24. The molecule has 1 saturated carbocycles. The van der Waals surface area contributed by atoms with E-state index in [0.29, 0.717) is 30.1 Å². The van der Waals surface area contributed by atoms with Gasteiger partial charge in [-0.05, 0) is 43.5 Å². The van der Waals surface area contributed by atoms with Gasteiger partial charge in [-0.2, -0.15) is 17.0 Å². The molecule has 8 nitrogen and oxygen atoms in total. The van der Waals surface area contributed by atoms with Crippen LogP contribution in [0.15, 0.2) is 48.5 Å². The molecule has 0 aromatic heterocycles. The Morgan fingerprint density at radius 3 is 2.39 bits per heavy atom. The van der Waals surface area contributed by atoms with Crippen molar-refractivity contribution in [2.75, 3.05) is 31.1 Å². The summed E-state index contributed by atoms with van der Waals surface area (Å²) in [6.45, 7) is 1.16. The molecule has 0 unspecified atom stereocenters. The van der Waals surface area contributed by atoms with Crippen LogP contribution in [0.3, 0.4) is 0 Å². The number of hydrogen-bond donors (Lipinski definition) is 1. The van der Waals surface area contributed by atoms with E-state index in [1.54, 1.807) is 30.3 Å². The largest absolute Gasteiger partial charge is 0.351 e. The molecule has 3 fully saturated rings. The standard InChI is InChI=1S/C27H32ClFN4O4S/c28-24-12-5-4-11-23(24)25(26(34)30-21-8-2-1-3-9-21)33(22-10-6-7-20(29)17-22)27(35)19-13-14-32(18-19)38(36,37)31-15-16-31/h4-7,10-12,17,19,21,25H,1-3,8-9,13-16,18H2,(H,30,34)/t19-,25-/m1/s1. The summed E-state index contributed by atoms with van der Waals surface area (Å²) >= 11 is 6.57. The summed E-state index contributed by atoms with van der Waals surface area (Å²) in [5.74, 6) is -2.08. The van der Waals surface area contributed by atoms with Gasteiger partial charge in [-0.3, -0.25) is 14.5 Å². The topological polar surface area (TPSA) is 89.8 Å². The third kappa shape index (κ3) is 5.73. The number of halogens is 2. The van der Waals surface area contributed by atoms with Gasteiger partial charge in [0.2, 0.25) is 11.8 Å². The highest BCUT2D eigenvalue weighted by Gasteiger charge is 2.45. The predicted octanol–water partition coefficient (Wildman–Crippen LogP) is 3.88. The van der Waals surface area contributed by atoms with Gasteiger partial charge in [0.15, 0.2) is 0 Å². The van der Waals surface area contributed by atoms with Crippen molar-refractivity contribution in [3.63, 3.8) is 0 Å². The van der Waals surface area contributed by atoms with Crippen LogP contribution in [-0.4, -0.2) is 61.1 Å². The van der Waals surface area contributed by atoms with Crippen molar-refractivity contribution >= 4 is 39.3 Å². The number of anilines is 1. The lowest BCUT2D eigenvalue weighted by Gasteiger charge is -2.35. The maximum Gasteiger partial charge on any atom is 0.282 e. The summed E-state index contributed by atoms with van der Waals surface area (Å²) in [6.07, 6.45) is 5.14. The molecule has 0 radical (unpaired) electrons. The summed E-state index contributed by atoms with van der Waals surface area (Å²) in [5.41, 5.74) is 0.637. The molecule has 2 aromatic rings. The molecule has 5 rings (SSSR count). The summed E-state index contributed by atoms with van der Waals surface area (Å²) in [6, 6.07) is 11.2. The van der Waals surface area contributed by atoms with Gasteiger partial charge in [-0.25, -0.2) is 4.39 Å². The molecule has 204 valence electrons. The Hall–Kier alpha value is -2.53. The van der Waals surface area contributed by atoms with E-state index in [9.17, 15) is 22.4 Å². The lowest BCUT2D eigenvalue weighted by molar-refractivity contribution is -0.128. The summed E-state index contributed by atoms with van der Waals surface area (Å²) in [7, 11) is -3.61. The predicted molar refractivity (Wildman–Crippen MR) is 143 cm³/mol. The van der Waals surface area contributed by atoms with Crippen molar-refractivity contribution in [2.45, 2.75) is 50.6 Å². The highest BCUT2D eigenvalue weighted by Crippen LogP contribution is 2.36. The first-order chi connectivity index (χ1) is 18.3. The van der Waals surface area contributed by atoms with E-state index < -0.39 is 39.8 Å². The number of hydrogen-bond acceptors (Lipinski definition) is 4. The Morgan fingerprint density at radius 2 is 1.71 bits per heavy atom. The van der Waals surface area contributed by atoms with Gasteiger partial charge in [-0.1, -0.05) is 55.1 Å². The van der Waals surface area contributed by atoms with Crippen LogP contribution in [0.25, 0.3) is 0 Å². The van der Waals surface area contributed by atoms with Crippen LogP contribution in [0, 0.1) is 11.7 Å². The second kappa shape index (κ2) is 11.3. The highest BCUT2D eigenvalue weighted by atomic mass is 35.5. The molecular formula is C27H32ClFN4O4S. The number of nitrogens with zero attached hydrogens (tertiary/aromatic N) is 3. The number of benzene rings is 2. The van der Waals surface area contributed by atoms with Crippen LogP contribution in [0.5, 0.6) is 0 Å². The Morgan fingerprint density at radius 1 is 0.974 bits per heavy atom. The van der Waals surface area contributed by atoms with Crippen LogP contribution < -0.4 is 10.2 Å². The van der Waals surface area contributed by atoms with Crippen molar-refractivity contribution < 1.29 is 22.4 Å². The van der Waals surface area contributed by atoms with E-state index in [1.807, 2.05) is 0 Å². The van der Waals surface area contributed by atoms with Crippen molar-refractivity contribution in [1.82, 2.24) is 13.9 Å². The minimum absolute atomic E-state index is 0.00294. The van der Waals surface area contributed by atoms with Crippen molar-refractivity contribution in [3.05, 3.63) is 64.9 Å². The van der Waals surface area contributed by atoms with Gasteiger partial charge in [0.25, 0.3) is 10.2 Å². The smallest absolute Gasteiger partial charge is 0.282 e. The molecule has 2 aromatic carbocycles. The first-order valence-electron chi connectivity index (χ1n) is 13.1. The summed E-state index contributed by atoms with van der Waals surface area (Å²) in [5, 5.41) is 3.42. The molecule has 0 bridgehead atoms.